The minimum atomic E-state index is 0.225. The number of pyridine rings is 1. The molecule has 4 aromatic rings. The van der Waals surface area contributed by atoms with E-state index in [9.17, 15) is 0 Å². The number of hydrogen-bond donors (Lipinski definition) is 1. The maximum atomic E-state index is 5.89. The van der Waals surface area contributed by atoms with Crippen molar-refractivity contribution in [3.05, 3.63) is 42.2 Å². The van der Waals surface area contributed by atoms with Gasteiger partial charge in [-0.1, -0.05) is 18.2 Å². The molecule has 3 heterocycles. The topological polar surface area (TPSA) is 98.9 Å². The summed E-state index contributed by atoms with van der Waals surface area (Å²) in [4.78, 5) is 11.2. The minimum absolute atomic E-state index is 0.225. The number of fused-ring (bicyclic) bond motifs is 1. The summed E-state index contributed by atoms with van der Waals surface area (Å²) in [5, 5.41) is 7.60. The van der Waals surface area contributed by atoms with Crippen LogP contribution >= 0.6 is 0 Å². The molecule has 0 spiro atoms. The van der Waals surface area contributed by atoms with Crippen LogP contribution in [0.5, 0.6) is 0 Å². The number of aromatic nitrogens is 5. The van der Waals surface area contributed by atoms with Crippen LogP contribution in [0, 0.1) is 0 Å². The van der Waals surface area contributed by atoms with Gasteiger partial charge < -0.3 is 15.2 Å². The van der Waals surface area contributed by atoms with Gasteiger partial charge >= 0.3 is 0 Å². The van der Waals surface area contributed by atoms with Crippen molar-refractivity contribution >= 4 is 16.9 Å². The molecule has 8 heteroatoms. The fourth-order valence-electron chi connectivity index (χ4n) is 3.34. The number of hydrogen-bond acceptors (Lipinski definition) is 7. The molecule has 0 saturated carbocycles. The monoisotopic (exact) mass is 363 g/mol. The third-order valence-electron chi connectivity index (χ3n) is 4.43. The second kappa shape index (κ2) is 6.81. The molecule has 0 fully saturated rings. The smallest absolute Gasteiger partial charge is 0.199 e. The highest BCUT2D eigenvalue weighted by atomic mass is 16.6. The van der Waals surface area contributed by atoms with Crippen LogP contribution in [0.15, 0.2) is 41.3 Å². The summed E-state index contributed by atoms with van der Waals surface area (Å²) in [6, 6.07) is 8.48. The third kappa shape index (κ3) is 3.04. The predicted octanol–water partition coefficient (Wildman–Crippen LogP) is 2.81. The summed E-state index contributed by atoms with van der Waals surface area (Å²) in [5.41, 5.74) is 11.5. The Balaban J connectivity index is 1.93. The van der Waals surface area contributed by atoms with Crippen molar-refractivity contribution in [2.45, 2.75) is 20.0 Å². The number of benzene rings is 1. The molecule has 8 nitrogen and oxygen atoms in total. The first-order chi connectivity index (χ1) is 13.1. The summed E-state index contributed by atoms with van der Waals surface area (Å²) < 4.78 is 6.83. The molecule has 0 unspecified atom stereocenters. The van der Waals surface area contributed by atoms with E-state index in [0.717, 1.165) is 28.7 Å². The van der Waals surface area contributed by atoms with E-state index in [-0.39, 0.29) is 5.82 Å². The Hall–Kier alpha value is -3.26. The van der Waals surface area contributed by atoms with Gasteiger partial charge in [-0.2, -0.15) is 0 Å². The largest absolute Gasteiger partial charge is 0.379 e. The normalized spacial score (nSPS) is 11.6. The van der Waals surface area contributed by atoms with Gasteiger partial charge in [-0.25, -0.2) is 9.61 Å². The Kier molecular flexibility index (Phi) is 4.33. The first-order valence-electron chi connectivity index (χ1n) is 8.75. The van der Waals surface area contributed by atoms with Gasteiger partial charge in [0.15, 0.2) is 17.3 Å². The molecule has 138 valence electrons. The molecule has 0 aliphatic heterocycles. The van der Waals surface area contributed by atoms with Crippen LogP contribution in [0.1, 0.15) is 12.5 Å². The van der Waals surface area contributed by atoms with Gasteiger partial charge in [-0.15, -0.1) is 0 Å². The zero-order chi connectivity index (χ0) is 19.0. The maximum Gasteiger partial charge on any atom is 0.199 e. The van der Waals surface area contributed by atoms with Crippen molar-refractivity contribution in [1.29, 1.82) is 0 Å². The van der Waals surface area contributed by atoms with Crippen LogP contribution in [-0.4, -0.2) is 43.8 Å². The van der Waals surface area contributed by atoms with Crippen LogP contribution in [-0.2, 0) is 13.1 Å². The number of rotatable bonds is 5. The van der Waals surface area contributed by atoms with Gasteiger partial charge in [0, 0.05) is 24.8 Å². The predicted molar refractivity (Wildman–Crippen MR) is 104 cm³/mol. The Morgan fingerprint density at radius 3 is 2.74 bits per heavy atom. The van der Waals surface area contributed by atoms with Gasteiger partial charge in [0.25, 0.3) is 0 Å². The second-order valence-electron chi connectivity index (χ2n) is 6.67. The lowest BCUT2D eigenvalue weighted by atomic mass is 10.0. The Labute approximate surface area is 156 Å². The molecule has 3 aromatic heterocycles. The summed E-state index contributed by atoms with van der Waals surface area (Å²) in [6.45, 7) is 3.63. The molecule has 0 bridgehead atoms. The molecular formula is C19H21N7O. The second-order valence-corrected chi connectivity index (χ2v) is 6.67. The quantitative estimate of drug-likeness (QED) is 0.582. The van der Waals surface area contributed by atoms with Gasteiger partial charge in [0.1, 0.15) is 5.52 Å². The van der Waals surface area contributed by atoms with Crippen molar-refractivity contribution in [3.63, 3.8) is 0 Å². The Morgan fingerprint density at radius 1 is 1.19 bits per heavy atom. The first kappa shape index (κ1) is 17.2. The average Bonchev–Trinajstić information content (AvgIpc) is 3.23. The zero-order valence-electron chi connectivity index (χ0n) is 15.5. The number of imidazole rings is 1. The average molecular weight is 363 g/mol. The first-order valence-corrected chi connectivity index (χ1v) is 8.75. The van der Waals surface area contributed by atoms with Crippen molar-refractivity contribution in [3.8, 4) is 22.6 Å². The number of nitrogens with zero attached hydrogens (tertiary/aromatic N) is 6. The van der Waals surface area contributed by atoms with Crippen molar-refractivity contribution in [2.75, 3.05) is 19.8 Å². The molecule has 0 atom stereocenters. The van der Waals surface area contributed by atoms with E-state index in [4.69, 9.17) is 15.3 Å². The van der Waals surface area contributed by atoms with Gasteiger partial charge in [0.05, 0.1) is 11.7 Å². The number of nitrogen functional groups attached to an aromatic ring is 1. The number of anilines is 1. The SMILES string of the molecule is CCn1c(-c2nonc2N)nc2cncc(-c3cccc(CN(C)C)c3)c21. The molecule has 0 saturated heterocycles. The Bertz CT molecular complexity index is 1100. The lowest BCUT2D eigenvalue weighted by Crippen LogP contribution is -2.10. The fraction of sp³-hybridized carbons (Fsp3) is 0.263. The fourth-order valence-corrected chi connectivity index (χ4v) is 3.34. The van der Waals surface area contributed by atoms with Crippen LogP contribution in [0.2, 0.25) is 0 Å². The molecule has 4 rings (SSSR count). The molecular weight excluding hydrogens is 342 g/mol. The molecule has 0 aliphatic carbocycles. The highest BCUT2D eigenvalue weighted by Gasteiger charge is 2.20. The zero-order valence-corrected chi connectivity index (χ0v) is 15.5. The highest BCUT2D eigenvalue weighted by molar-refractivity contribution is 5.94. The molecule has 27 heavy (non-hydrogen) atoms. The van der Waals surface area contributed by atoms with Gasteiger partial charge in [-0.3, -0.25) is 4.98 Å². The van der Waals surface area contributed by atoms with Crippen molar-refractivity contribution in [1.82, 2.24) is 29.7 Å². The minimum Gasteiger partial charge on any atom is -0.379 e. The Morgan fingerprint density at radius 2 is 2.04 bits per heavy atom. The van der Waals surface area contributed by atoms with Crippen LogP contribution in [0.4, 0.5) is 5.82 Å². The highest BCUT2D eigenvalue weighted by Crippen LogP contribution is 2.33. The summed E-state index contributed by atoms with van der Waals surface area (Å²) in [7, 11) is 4.12. The number of nitrogens with two attached hydrogens (primary N) is 1. The van der Waals surface area contributed by atoms with E-state index in [1.54, 1.807) is 6.20 Å². The number of aryl methyl sites for hydroxylation is 1. The summed E-state index contributed by atoms with van der Waals surface area (Å²) in [6.07, 6.45) is 3.63. The van der Waals surface area contributed by atoms with E-state index in [0.29, 0.717) is 18.1 Å². The van der Waals surface area contributed by atoms with Gasteiger partial charge in [-0.05, 0) is 48.5 Å². The maximum absolute atomic E-state index is 5.89. The molecule has 0 amide bonds. The van der Waals surface area contributed by atoms with Crippen LogP contribution < -0.4 is 5.73 Å². The van der Waals surface area contributed by atoms with Crippen LogP contribution in [0.3, 0.4) is 0 Å². The van der Waals surface area contributed by atoms with E-state index >= 15 is 0 Å². The van der Waals surface area contributed by atoms with Crippen molar-refractivity contribution in [2.24, 2.45) is 0 Å². The van der Waals surface area contributed by atoms with E-state index in [2.05, 4.69) is 70.0 Å². The van der Waals surface area contributed by atoms with E-state index in [1.165, 1.54) is 5.56 Å². The van der Waals surface area contributed by atoms with Crippen molar-refractivity contribution < 1.29 is 4.63 Å². The van der Waals surface area contributed by atoms with E-state index < -0.39 is 0 Å². The molecule has 1 aromatic carbocycles. The standard InChI is InChI=1S/C19H21N7O/c1-4-26-17-14(13-7-5-6-12(8-13)11-25(2)3)9-21-10-15(17)22-19(26)16-18(20)24-27-23-16/h5-10H,4,11H2,1-3H3,(H2,20,24). The third-order valence-corrected chi connectivity index (χ3v) is 4.43. The summed E-state index contributed by atoms with van der Waals surface area (Å²) in [5.74, 6) is 0.854. The molecule has 2 N–H and O–H groups in total. The summed E-state index contributed by atoms with van der Waals surface area (Å²) >= 11 is 0. The molecule has 0 aliphatic rings. The van der Waals surface area contributed by atoms with Gasteiger partial charge in [0.2, 0.25) is 0 Å². The molecule has 0 radical (unpaired) electrons. The van der Waals surface area contributed by atoms with E-state index in [1.807, 2.05) is 6.20 Å². The lowest BCUT2D eigenvalue weighted by Gasteiger charge is -2.12. The lowest BCUT2D eigenvalue weighted by molar-refractivity contribution is 0.310. The van der Waals surface area contributed by atoms with Crippen LogP contribution in [0.25, 0.3) is 33.7 Å².